The number of carbonyl (C=O) groups excluding carboxylic acids is 1. The van der Waals surface area contributed by atoms with E-state index in [2.05, 4.69) is 6.92 Å². The van der Waals surface area contributed by atoms with Gasteiger partial charge in [0.05, 0.1) is 25.0 Å². The van der Waals surface area contributed by atoms with E-state index in [9.17, 15) is 4.79 Å². The molecule has 0 aromatic heterocycles. The van der Waals surface area contributed by atoms with Gasteiger partial charge in [0.15, 0.2) is 0 Å². The van der Waals surface area contributed by atoms with Crippen molar-refractivity contribution in [1.82, 2.24) is 0 Å². The largest absolute Gasteiger partial charge is 0.369 e. The van der Waals surface area contributed by atoms with Crippen LogP contribution in [0.25, 0.3) is 0 Å². The molecule has 2 aliphatic rings. The smallest absolute Gasteiger partial charge is 0.226 e. The number of likely N-dealkylation sites (tertiary alicyclic amines) is 1. The van der Waals surface area contributed by atoms with Crippen LogP contribution in [0.4, 0.5) is 0 Å². The van der Waals surface area contributed by atoms with E-state index in [-0.39, 0.29) is 11.8 Å². The van der Waals surface area contributed by atoms with E-state index in [4.69, 9.17) is 5.73 Å². The molecule has 1 saturated carbocycles. The highest BCUT2D eigenvalue weighted by Crippen LogP contribution is 2.22. The zero-order valence-electron chi connectivity index (χ0n) is 10.4. The van der Waals surface area contributed by atoms with E-state index in [1.165, 1.54) is 38.6 Å². The van der Waals surface area contributed by atoms with Gasteiger partial charge in [0.25, 0.3) is 0 Å². The monoisotopic (exact) mass is 225 g/mol. The van der Waals surface area contributed by atoms with Crippen LogP contribution in [-0.2, 0) is 4.79 Å². The lowest BCUT2D eigenvalue weighted by Gasteiger charge is -2.37. The number of nitrogens with one attached hydrogen (secondary N) is 1. The average Bonchev–Trinajstić information content (AvgIpc) is 2.29. The molecular weight excluding hydrogens is 200 g/mol. The first-order valence-electron chi connectivity index (χ1n) is 6.80. The van der Waals surface area contributed by atoms with Gasteiger partial charge in [-0.2, -0.15) is 0 Å². The van der Waals surface area contributed by atoms with Crippen molar-refractivity contribution < 1.29 is 9.69 Å². The van der Waals surface area contributed by atoms with E-state index >= 15 is 0 Å². The van der Waals surface area contributed by atoms with Crippen LogP contribution in [0.1, 0.15) is 45.4 Å². The summed E-state index contributed by atoms with van der Waals surface area (Å²) in [7, 11) is 0. The molecule has 0 radical (unpaired) electrons. The molecule has 1 heterocycles. The van der Waals surface area contributed by atoms with Gasteiger partial charge in [-0.3, -0.25) is 4.79 Å². The average molecular weight is 225 g/mol. The number of hydrogen-bond acceptors (Lipinski definition) is 1. The molecule has 1 saturated heterocycles. The van der Waals surface area contributed by atoms with Crippen molar-refractivity contribution in [3.05, 3.63) is 0 Å². The Morgan fingerprint density at radius 2 is 2.06 bits per heavy atom. The number of rotatable bonds is 2. The van der Waals surface area contributed by atoms with Crippen molar-refractivity contribution in [2.45, 2.75) is 51.5 Å². The number of nitrogens with two attached hydrogens (primary N) is 1. The highest BCUT2D eigenvalue weighted by atomic mass is 16.1. The Morgan fingerprint density at radius 3 is 2.75 bits per heavy atom. The van der Waals surface area contributed by atoms with Crippen LogP contribution in [0.15, 0.2) is 0 Å². The Kier molecular flexibility index (Phi) is 3.85. The number of piperidine rings is 1. The molecule has 2 rings (SSSR count). The van der Waals surface area contributed by atoms with Crippen LogP contribution < -0.4 is 10.6 Å². The lowest BCUT2D eigenvalue weighted by atomic mass is 9.84. The Balaban J connectivity index is 1.90. The summed E-state index contributed by atoms with van der Waals surface area (Å²) in [5, 5.41) is 0. The van der Waals surface area contributed by atoms with Gasteiger partial charge < -0.3 is 10.6 Å². The van der Waals surface area contributed by atoms with E-state index in [1.54, 1.807) is 4.90 Å². The molecule has 1 aliphatic heterocycles. The standard InChI is InChI=1S/C13H24N2O/c1-10-4-2-6-12(8-10)15-7-3-5-11(9-15)13(14)16/h10-12H,2-9H2,1H3,(H2,14,16)/p+1/t10-,11-,12-/m0/s1. The first-order valence-corrected chi connectivity index (χ1v) is 6.80. The summed E-state index contributed by atoms with van der Waals surface area (Å²) < 4.78 is 0. The van der Waals surface area contributed by atoms with Crippen molar-refractivity contribution >= 4 is 5.91 Å². The predicted octanol–water partition coefficient (Wildman–Crippen LogP) is 0.345. The predicted molar refractivity (Wildman–Crippen MR) is 64.0 cm³/mol. The summed E-state index contributed by atoms with van der Waals surface area (Å²) in [5.41, 5.74) is 5.43. The number of quaternary nitrogens is 1. The third-order valence-corrected chi connectivity index (χ3v) is 4.48. The molecule has 0 aromatic carbocycles. The van der Waals surface area contributed by atoms with E-state index in [0.717, 1.165) is 24.9 Å². The maximum absolute atomic E-state index is 11.3. The molecule has 1 unspecified atom stereocenters. The summed E-state index contributed by atoms with van der Waals surface area (Å²) in [6.07, 6.45) is 7.65. The third kappa shape index (κ3) is 2.76. The fraction of sp³-hybridized carbons (Fsp3) is 0.923. The zero-order valence-corrected chi connectivity index (χ0v) is 10.4. The molecule has 16 heavy (non-hydrogen) atoms. The Bertz CT molecular complexity index is 254. The minimum Gasteiger partial charge on any atom is -0.369 e. The Hall–Kier alpha value is -0.570. The molecule has 1 aliphatic carbocycles. The summed E-state index contributed by atoms with van der Waals surface area (Å²) in [6, 6.07) is 0.797. The SMILES string of the molecule is C[C@H]1CCC[C@H]([NH+]2CCC[C@H](C(N)=O)C2)C1. The van der Waals surface area contributed by atoms with Gasteiger partial charge in [-0.15, -0.1) is 0 Å². The van der Waals surface area contributed by atoms with Crippen LogP contribution in [-0.4, -0.2) is 25.0 Å². The van der Waals surface area contributed by atoms with Crippen LogP contribution in [0, 0.1) is 11.8 Å². The number of hydrogen-bond donors (Lipinski definition) is 2. The molecule has 0 bridgehead atoms. The first-order chi connectivity index (χ1) is 7.66. The highest BCUT2D eigenvalue weighted by Gasteiger charge is 2.33. The summed E-state index contributed by atoms with van der Waals surface area (Å²) in [4.78, 5) is 12.9. The second-order valence-corrected chi connectivity index (χ2v) is 5.82. The minimum atomic E-state index is -0.0824. The van der Waals surface area contributed by atoms with Crippen LogP contribution in [0.2, 0.25) is 0 Å². The number of primary amides is 1. The van der Waals surface area contributed by atoms with Gasteiger partial charge in [-0.05, 0) is 31.6 Å². The third-order valence-electron chi connectivity index (χ3n) is 4.48. The lowest BCUT2D eigenvalue weighted by molar-refractivity contribution is -0.934. The summed E-state index contributed by atoms with van der Waals surface area (Å²) in [5.74, 6) is 0.933. The quantitative estimate of drug-likeness (QED) is 0.700. The topological polar surface area (TPSA) is 47.5 Å². The molecule has 1 amide bonds. The first kappa shape index (κ1) is 11.9. The Morgan fingerprint density at radius 1 is 1.25 bits per heavy atom. The molecule has 2 fully saturated rings. The van der Waals surface area contributed by atoms with Gasteiger partial charge in [0, 0.05) is 6.42 Å². The fourth-order valence-electron chi connectivity index (χ4n) is 3.51. The molecule has 3 nitrogen and oxygen atoms in total. The maximum atomic E-state index is 11.3. The van der Waals surface area contributed by atoms with Crippen LogP contribution in [0.5, 0.6) is 0 Å². The lowest BCUT2D eigenvalue weighted by Crippen LogP contribution is -3.17. The van der Waals surface area contributed by atoms with E-state index in [1.807, 2.05) is 0 Å². The van der Waals surface area contributed by atoms with Crippen LogP contribution in [0.3, 0.4) is 0 Å². The molecule has 4 atom stereocenters. The molecule has 92 valence electrons. The molecule has 3 heteroatoms. The molecule has 0 aromatic rings. The molecule has 0 spiro atoms. The number of carbonyl (C=O) groups is 1. The van der Waals surface area contributed by atoms with E-state index in [0.29, 0.717) is 0 Å². The second kappa shape index (κ2) is 5.17. The Labute approximate surface area is 98.4 Å². The summed E-state index contributed by atoms with van der Waals surface area (Å²) in [6.45, 7) is 4.61. The second-order valence-electron chi connectivity index (χ2n) is 5.82. The van der Waals surface area contributed by atoms with Crippen LogP contribution >= 0.6 is 0 Å². The van der Waals surface area contributed by atoms with Crippen molar-refractivity contribution in [1.29, 1.82) is 0 Å². The number of amides is 1. The molecule has 3 N–H and O–H groups in total. The fourth-order valence-corrected chi connectivity index (χ4v) is 3.51. The van der Waals surface area contributed by atoms with Gasteiger partial charge in [0.1, 0.15) is 0 Å². The molecular formula is C13H25N2O+. The van der Waals surface area contributed by atoms with Gasteiger partial charge in [0.2, 0.25) is 5.91 Å². The minimum absolute atomic E-state index is 0.0824. The van der Waals surface area contributed by atoms with Crippen molar-refractivity contribution in [3.8, 4) is 0 Å². The van der Waals surface area contributed by atoms with E-state index < -0.39 is 0 Å². The maximum Gasteiger partial charge on any atom is 0.226 e. The van der Waals surface area contributed by atoms with Crippen molar-refractivity contribution in [2.75, 3.05) is 13.1 Å². The zero-order chi connectivity index (χ0) is 11.5. The summed E-state index contributed by atoms with van der Waals surface area (Å²) >= 11 is 0. The highest BCUT2D eigenvalue weighted by molar-refractivity contribution is 5.76. The van der Waals surface area contributed by atoms with Gasteiger partial charge in [-0.25, -0.2) is 0 Å². The normalized spacial score (nSPS) is 40.6. The van der Waals surface area contributed by atoms with Gasteiger partial charge in [-0.1, -0.05) is 13.3 Å². The van der Waals surface area contributed by atoms with Gasteiger partial charge >= 0.3 is 0 Å². The van der Waals surface area contributed by atoms with Crippen molar-refractivity contribution in [3.63, 3.8) is 0 Å². The van der Waals surface area contributed by atoms with Crippen molar-refractivity contribution in [2.24, 2.45) is 17.6 Å².